The zero-order valence-corrected chi connectivity index (χ0v) is 17.8. The molecule has 1 saturated carbocycles. The summed E-state index contributed by atoms with van der Waals surface area (Å²) in [7, 11) is -1.91. The molecule has 1 fully saturated rings. The first kappa shape index (κ1) is 21.7. The lowest BCUT2D eigenvalue weighted by Crippen LogP contribution is -2.43. The van der Waals surface area contributed by atoms with Crippen LogP contribution in [0.15, 0.2) is 29.2 Å². The molecule has 0 unspecified atom stereocenters. The van der Waals surface area contributed by atoms with Crippen molar-refractivity contribution in [2.24, 2.45) is 0 Å². The molecule has 2 rings (SSSR count). The summed E-state index contributed by atoms with van der Waals surface area (Å²) in [5.74, 6) is 0.0978. The van der Waals surface area contributed by atoms with E-state index in [1.165, 1.54) is 23.6 Å². The van der Waals surface area contributed by atoms with E-state index in [0.29, 0.717) is 6.04 Å². The molecule has 7 heteroatoms. The van der Waals surface area contributed by atoms with Crippen LogP contribution in [0.25, 0.3) is 0 Å². The molecule has 152 valence electrons. The Kier molecular flexibility index (Phi) is 7.68. The molecule has 1 aliphatic carbocycles. The zero-order valence-electron chi connectivity index (χ0n) is 16.9. The number of carbonyl (C=O) groups is 1. The predicted molar refractivity (Wildman–Crippen MR) is 109 cm³/mol. The third-order valence-electron chi connectivity index (χ3n) is 5.38. The lowest BCUT2D eigenvalue weighted by molar-refractivity contribution is -0.132. The van der Waals surface area contributed by atoms with Crippen molar-refractivity contribution >= 4 is 21.6 Å². The largest absolute Gasteiger partial charge is 0.376 e. The Bertz CT molecular complexity index is 710. The number of sulfonamides is 1. The van der Waals surface area contributed by atoms with E-state index >= 15 is 0 Å². The van der Waals surface area contributed by atoms with Gasteiger partial charge in [0, 0.05) is 31.4 Å². The second kappa shape index (κ2) is 9.55. The highest BCUT2D eigenvalue weighted by Crippen LogP contribution is 2.23. The lowest BCUT2D eigenvalue weighted by atomic mass is 9.94. The SMILES string of the molecule is CCN(C(=O)CNc1ccc(S(=O)(=O)N(C)C(C)C)cc1)C1CCCCC1. The van der Waals surface area contributed by atoms with Crippen LogP contribution in [0.5, 0.6) is 0 Å². The molecule has 0 heterocycles. The topological polar surface area (TPSA) is 69.7 Å². The number of carbonyl (C=O) groups excluding carboxylic acids is 1. The number of likely N-dealkylation sites (N-methyl/N-ethyl adjacent to an activating group) is 1. The summed E-state index contributed by atoms with van der Waals surface area (Å²) in [4.78, 5) is 14.8. The highest BCUT2D eigenvalue weighted by atomic mass is 32.2. The summed E-state index contributed by atoms with van der Waals surface area (Å²) < 4.78 is 26.3. The van der Waals surface area contributed by atoms with Crippen LogP contribution in [0.2, 0.25) is 0 Å². The van der Waals surface area contributed by atoms with Crippen LogP contribution in [0.4, 0.5) is 5.69 Å². The van der Waals surface area contributed by atoms with Gasteiger partial charge in [-0.2, -0.15) is 4.31 Å². The minimum Gasteiger partial charge on any atom is -0.376 e. The minimum atomic E-state index is -3.49. The van der Waals surface area contributed by atoms with E-state index in [0.717, 1.165) is 25.1 Å². The normalized spacial score (nSPS) is 15.9. The van der Waals surface area contributed by atoms with E-state index in [2.05, 4.69) is 5.32 Å². The van der Waals surface area contributed by atoms with Gasteiger partial charge in [0.15, 0.2) is 0 Å². The predicted octanol–water partition coefficient (Wildman–Crippen LogP) is 3.31. The molecule has 27 heavy (non-hydrogen) atoms. The Hall–Kier alpha value is -1.60. The van der Waals surface area contributed by atoms with E-state index in [-0.39, 0.29) is 23.4 Å². The van der Waals surface area contributed by atoms with Gasteiger partial charge in [-0.15, -0.1) is 0 Å². The third-order valence-corrected chi connectivity index (χ3v) is 7.43. The lowest BCUT2D eigenvalue weighted by Gasteiger charge is -2.33. The van der Waals surface area contributed by atoms with Gasteiger partial charge in [0.05, 0.1) is 11.4 Å². The van der Waals surface area contributed by atoms with Gasteiger partial charge < -0.3 is 10.2 Å². The molecule has 6 nitrogen and oxygen atoms in total. The summed E-state index contributed by atoms with van der Waals surface area (Å²) >= 11 is 0. The first-order chi connectivity index (χ1) is 12.8. The molecule has 0 bridgehead atoms. The summed E-state index contributed by atoms with van der Waals surface area (Å²) in [5.41, 5.74) is 0.745. The standard InChI is InChI=1S/C20H33N3O3S/c1-5-23(18-9-7-6-8-10-18)20(24)15-21-17-11-13-19(14-12-17)27(25,26)22(4)16(2)3/h11-14,16,18,21H,5-10,15H2,1-4H3. The van der Waals surface area contributed by atoms with E-state index in [1.54, 1.807) is 31.3 Å². The fourth-order valence-corrected chi connectivity index (χ4v) is 4.87. The van der Waals surface area contributed by atoms with Crippen molar-refractivity contribution in [1.82, 2.24) is 9.21 Å². The van der Waals surface area contributed by atoms with Crippen molar-refractivity contribution in [2.45, 2.75) is 69.9 Å². The van der Waals surface area contributed by atoms with Crippen molar-refractivity contribution in [3.63, 3.8) is 0 Å². The smallest absolute Gasteiger partial charge is 0.243 e. The molecule has 0 atom stereocenters. The maximum absolute atomic E-state index is 12.6. The fraction of sp³-hybridized carbons (Fsp3) is 0.650. The summed E-state index contributed by atoms with van der Waals surface area (Å²) in [6.07, 6.45) is 5.85. The summed E-state index contributed by atoms with van der Waals surface area (Å²) in [5, 5.41) is 3.13. The average molecular weight is 396 g/mol. The molecule has 0 spiro atoms. The monoisotopic (exact) mass is 395 g/mol. The summed E-state index contributed by atoms with van der Waals surface area (Å²) in [6.45, 7) is 6.65. The van der Waals surface area contributed by atoms with E-state index in [4.69, 9.17) is 0 Å². The molecule has 1 N–H and O–H groups in total. The molecule has 1 amide bonds. The van der Waals surface area contributed by atoms with Gasteiger partial charge in [-0.3, -0.25) is 4.79 Å². The Morgan fingerprint density at radius 1 is 1.15 bits per heavy atom. The Morgan fingerprint density at radius 2 is 1.74 bits per heavy atom. The Balaban J connectivity index is 1.97. The number of benzene rings is 1. The second-order valence-electron chi connectivity index (χ2n) is 7.46. The van der Waals surface area contributed by atoms with Crippen molar-refractivity contribution in [2.75, 3.05) is 25.5 Å². The van der Waals surface area contributed by atoms with E-state index in [9.17, 15) is 13.2 Å². The van der Waals surface area contributed by atoms with Gasteiger partial charge in [-0.05, 0) is 57.9 Å². The molecule has 0 saturated heterocycles. The molecule has 1 aliphatic rings. The first-order valence-corrected chi connectivity index (χ1v) is 11.3. The molecule has 1 aromatic rings. The quantitative estimate of drug-likeness (QED) is 0.733. The van der Waals surface area contributed by atoms with Gasteiger partial charge in [0.1, 0.15) is 0 Å². The highest BCUT2D eigenvalue weighted by Gasteiger charge is 2.24. The van der Waals surface area contributed by atoms with Crippen LogP contribution in [0.3, 0.4) is 0 Å². The van der Waals surface area contributed by atoms with Crippen LogP contribution in [0.1, 0.15) is 52.9 Å². The van der Waals surface area contributed by atoms with Gasteiger partial charge in [0.2, 0.25) is 15.9 Å². The zero-order chi connectivity index (χ0) is 20.0. The number of nitrogens with zero attached hydrogens (tertiary/aromatic N) is 2. The number of hydrogen-bond acceptors (Lipinski definition) is 4. The van der Waals surface area contributed by atoms with Crippen LogP contribution in [-0.2, 0) is 14.8 Å². The average Bonchev–Trinajstić information content (AvgIpc) is 2.67. The second-order valence-corrected chi connectivity index (χ2v) is 9.46. The Morgan fingerprint density at radius 3 is 2.26 bits per heavy atom. The van der Waals surface area contributed by atoms with Crippen LogP contribution >= 0.6 is 0 Å². The molecule has 0 aromatic heterocycles. The minimum absolute atomic E-state index is 0.0978. The highest BCUT2D eigenvalue weighted by molar-refractivity contribution is 7.89. The molecule has 0 aliphatic heterocycles. The molecular weight excluding hydrogens is 362 g/mol. The van der Waals surface area contributed by atoms with Crippen molar-refractivity contribution < 1.29 is 13.2 Å². The van der Waals surface area contributed by atoms with Gasteiger partial charge in [0.25, 0.3) is 0 Å². The van der Waals surface area contributed by atoms with Gasteiger partial charge in [-0.25, -0.2) is 8.42 Å². The summed E-state index contributed by atoms with van der Waals surface area (Å²) in [6, 6.07) is 6.85. The first-order valence-electron chi connectivity index (χ1n) is 9.88. The third kappa shape index (κ3) is 5.45. The van der Waals surface area contributed by atoms with Gasteiger partial charge in [-0.1, -0.05) is 19.3 Å². The molecule has 1 aromatic carbocycles. The maximum atomic E-state index is 12.6. The van der Waals surface area contributed by atoms with E-state index in [1.807, 2.05) is 25.7 Å². The fourth-order valence-electron chi connectivity index (χ4n) is 3.50. The van der Waals surface area contributed by atoms with Crippen molar-refractivity contribution in [1.29, 1.82) is 0 Å². The Labute approximate surface area is 164 Å². The van der Waals surface area contributed by atoms with Crippen molar-refractivity contribution in [3.05, 3.63) is 24.3 Å². The number of hydrogen-bond donors (Lipinski definition) is 1. The van der Waals surface area contributed by atoms with Crippen LogP contribution < -0.4 is 5.32 Å². The van der Waals surface area contributed by atoms with Crippen molar-refractivity contribution in [3.8, 4) is 0 Å². The molecule has 0 radical (unpaired) electrons. The number of rotatable bonds is 8. The number of amides is 1. The molecular formula is C20H33N3O3S. The van der Waals surface area contributed by atoms with E-state index < -0.39 is 10.0 Å². The van der Waals surface area contributed by atoms with Crippen LogP contribution in [0, 0.1) is 0 Å². The number of anilines is 1. The van der Waals surface area contributed by atoms with Crippen LogP contribution in [-0.4, -0.2) is 55.8 Å². The maximum Gasteiger partial charge on any atom is 0.243 e. The number of nitrogens with one attached hydrogen (secondary N) is 1. The van der Waals surface area contributed by atoms with Gasteiger partial charge >= 0.3 is 0 Å².